The van der Waals surface area contributed by atoms with Gasteiger partial charge in [0.15, 0.2) is 0 Å². The Balaban J connectivity index is 0.875. The van der Waals surface area contributed by atoms with Gasteiger partial charge in [-0.25, -0.2) is 0 Å². The number of para-hydroxylation sites is 2. The minimum atomic E-state index is -0.129. The van der Waals surface area contributed by atoms with Crippen molar-refractivity contribution in [3.63, 3.8) is 0 Å². The summed E-state index contributed by atoms with van der Waals surface area (Å²) >= 11 is 0. The monoisotopic (exact) mass is 480 g/mol. The van der Waals surface area contributed by atoms with Gasteiger partial charge in [-0.15, -0.1) is 0 Å². The smallest absolute Gasteiger partial charge is 0.255 e. The minimum Gasteiger partial charge on any atom is -0.397 e. The zero-order valence-corrected chi connectivity index (χ0v) is 20.8. The van der Waals surface area contributed by atoms with Crippen LogP contribution in [-0.2, 0) is 6.42 Å². The fraction of sp³-hybridized carbons (Fsp3) is 0.387. The summed E-state index contributed by atoms with van der Waals surface area (Å²) in [4.78, 5) is 15.1. The highest BCUT2D eigenvalue weighted by Crippen LogP contribution is 2.50. The molecule has 36 heavy (non-hydrogen) atoms. The first-order valence-electron chi connectivity index (χ1n) is 13.4. The zero-order valence-electron chi connectivity index (χ0n) is 20.8. The first-order chi connectivity index (χ1) is 17.6. The number of benzene rings is 3. The van der Waals surface area contributed by atoms with Crippen molar-refractivity contribution in [2.75, 3.05) is 30.7 Å². The topological polar surface area (TPSA) is 70.4 Å². The van der Waals surface area contributed by atoms with Crippen LogP contribution in [0.4, 0.5) is 11.4 Å². The largest absolute Gasteiger partial charge is 0.397 e. The Morgan fingerprint density at radius 3 is 2.42 bits per heavy atom. The van der Waals surface area contributed by atoms with Gasteiger partial charge in [-0.3, -0.25) is 4.79 Å². The summed E-state index contributed by atoms with van der Waals surface area (Å²) in [6, 6.07) is 27.7. The van der Waals surface area contributed by atoms with Gasteiger partial charge < -0.3 is 21.3 Å². The summed E-state index contributed by atoms with van der Waals surface area (Å²) in [5, 5.41) is 6.81. The van der Waals surface area contributed by atoms with E-state index in [0.29, 0.717) is 28.4 Å². The maximum absolute atomic E-state index is 12.5. The van der Waals surface area contributed by atoms with Crippen LogP contribution in [0.5, 0.6) is 0 Å². The number of hydrogen-bond acceptors (Lipinski definition) is 4. The molecule has 2 atom stereocenters. The third-order valence-electron chi connectivity index (χ3n) is 8.31. The molecule has 2 unspecified atom stereocenters. The van der Waals surface area contributed by atoms with Crippen molar-refractivity contribution in [3.8, 4) is 0 Å². The Hall–Kier alpha value is -3.15. The number of rotatable bonds is 9. The molecule has 3 aromatic rings. The van der Waals surface area contributed by atoms with Crippen molar-refractivity contribution in [3.05, 3.63) is 95.6 Å². The number of nitrogens with one attached hydrogen (secondary N) is 2. The van der Waals surface area contributed by atoms with Crippen LogP contribution in [-0.4, -0.2) is 42.5 Å². The van der Waals surface area contributed by atoms with Crippen LogP contribution >= 0.6 is 0 Å². The van der Waals surface area contributed by atoms with E-state index in [1.807, 2.05) is 30.3 Å². The van der Waals surface area contributed by atoms with E-state index in [2.05, 4.69) is 58.0 Å². The highest BCUT2D eigenvalue weighted by Gasteiger charge is 2.53. The summed E-state index contributed by atoms with van der Waals surface area (Å²) in [6.45, 7) is 3.69. The molecular weight excluding hydrogens is 444 g/mol. The van der Waals surface area contributed by atoms with E-state index in [9.17, 15) is 4.79 Å². The molecule has 4 N–H and O–H groups in total. The summed E-state index contributed by atoms with van der Waals surface area (Å²) in [7, 11) is 0. The van der Waals surface area contributed by atoms with Crippen molar-refractivity contribution in [2.24, 2.45) is 5.41 Å². The lowest BCUT2D eigenvalue weighted by atomic mass is 9.60. The van der Waals surface area contributed by atoms with Gasteiger partial charge in [0, 0.05) is 36.7 Å². The number of likely N-dealkylation sites (tertiary alicyclic amines) is 1. The van der Waals surface area contributed by atoms with E-state index in [-0.39, 0.29) is 5.91 Å². The molecule has 3 fully saturated rings. The SMILES string of the molecule is Nc1ccccc1NC(=O)c1ccc(CCCN2CC3(CC(NC4CC4c4ccccc4)C3)C2)cc1. The predicted molar refractivity (Wildman–Crippen MR) is 146 cm³/mol. The van der Waals surface area contributed by atoms with E-state index in [1.165, 1.54) is 43.5 Å². The number of nitrogens with two attached hydrogens (primary N) is 1. The van der Waals surface area contributed by atoms with Crippen LogP contribution in [0, 0.1) is 5.41 Å². The number of carbonyl (C=O) groups is 1. The van der Waals surface area contributed by atoms with Crippen molar-refractivity contribution < 1.29 is 4.79 Å². The van der Waals surface area contributed by atoms with Gasteiger partial charge >= 0.3 is 0 Å². The van der Waals surface area contributed by atoms with E-state index >= 15 is 0 Å². The minimum absolute atomic E-state index is 0.129. The molecule has 1 aliphatic heterocycles. The van der Waals surface area contributed by atoms with Gasteiger partial charge in [0.25, 0.3) is 5.91 Å². The Kier molecular flexibility index (Phi) is 6.28. The molecule has 2 aliphatic carbocycles. The lowest BCUT2D eigenvalue weighted by Gasteiger charge is -2.59. The first kappa shape index (κ1) is 23.3. The molecule has 5 nitrogen and oxygen atoms in total. The standard InChI is InChI=1S/C31H36N4O/c32-27-10-4-5-11-28(27)34-30(36)24-14-12-22(13-15-24)7-6-16-35-20-31(21-35)18-25(19-31)33-29-17-26(29)23-8-2-1-3-9-23/h1-5,8-15,25-26,29,33H,6-7,16-21,32H2,(H,34,36). The Bertz CT molecular complexity index is 1190. The Morgan fingerprint density at radius 1 is 0.944 bits per heavy atom. The number of carbonyl (C=O) groups excluding carboxylic acids is 1. The quantitative estimate of drug-likeness (QED) is 0.374. The van der Waals surface area contributed by atoms with Gasteiger partial charge in [0.2, 0.25) is 0 Å². The predicted octanol–water partition coefficient (Wildman–Crippen LogP) is 5.06. The zero-order chi connectivity index (χ0) is 24.5. The third-order valence-corrected chi connectivity index (χ3v) is 8.31. The number of hydrogen-bond donors (Lipinski definition) is 3. The summed E-state index contributed by atoms with van der Waals surface area (Å²) in [5.74, 6) is 0.600. The normalized spacial score (nSPS) is 22.6. The molecule has 0 radical (unpaired) electrons. The average molecular weight is 481 g/mol. The molecule has 5 heteroatoms. The van der Waals surface area contributed by atoms with Crippen LogP contribution < -0.4 is 16.4 Å². The number of aryl methyl sites for hydroxylation is 1. The van der Waals surface area contributed by atoms with Crippen molar-refractivity contribution >= 4 is 17.3 Å². The molecule has 1 spiro atoms. The third kappa shape index (κ3) is 5.04. The fourth-order valence-electron chi connectivity index (χ4n) is 6.31. The van der Waals surface area contributed by atoms with Gasteiger partial charge in [-0.2, -0.15) is 0 Å². The lowest BCUT2D eigenvalue weighted by molar-refractivity contribution is -0.0790. The van der Waals surface area contributed by atoms with Crippen LogP contribution in [0.3, 0.4) is 0 Å². The number of nitrogen functional groups attached to an aromatic ring is 1. The molecule has 3 aliphatic rings. The lowest BCUT2D eigenvalue weighted by Crippen LogP contribution is -2.66. The van der Waals surface area contributed by atoms with Crippen LogP contribution in [0.25, 0.3) is 0 Å². The second-order valence-electron chi connectivity index (χ2n) is 11.2. The van der Waals surface area contributed by atoms with Crippen LogP contribution in [0.2, 0.25) is 0 Å². The molecule has 6 rings (SSSR count). The molecule has 2 saturated carbocycles. The number of amides is 1. The second kappa shape index (κ2) is 9.72. The van der Waals surface area contributed by atoms with Gasteiger partial charge in [0.1, 0.15) is 0 Å². The molecule has 0 aromatic heterocycles. The van der Waals surface area contributed by atoms with E-state index in [4.69, 9.17) is 5.73 Å². The second-order valence-corrected chi connectivity index (χ2v) is 11.2. The maximum atomic E-state index is 12.5. The van der Waals surface area contributed by atoms with Crippen molar-refractivity contribution in [2.45, 2.75) is 50.1 Å². The first-order valence-corrected chi connectivity index (χ1v) is 13.4. The van der Waals surface area contributed by atoms with Gasteiger partial charge in [-0.05, 0) is 79.5 Å². The molecule has 1 saturated heterocycles. The van der Waals surface area contributed by atoms with Gasteiger partial charge in [0.05, 0.1) is 11.4 Å². The molecule has 3 aromatic carbocycles. The number of nitrogens with zero attached hydrogens (tertiary/aromatic N) is 1. The maximum Gasteiger partial charge on any atom is 0.255 e. The van der Waals surface area contributed by atoms with Crippen molar-refractivity contribution in [1.82, 2.24) is 10.2 Å². The molecule has 0 bridgehead atoms. The summed E-state index contributed by atoms with van der Waals surface area (Å²) in [5.41, 5.74) is 11.2. The summed E-state index contributed by atoms with van der Waals surface area (Å²) < 4.78 is 0. The number of anilines is 2. The Morgan fingerprint density at radius 2 is 1.67 bits per heavy atom. The van der Waals surface area contributed by atoms with E-state index in [1.54, 1.807) is 6.07 Å². The highest BCUT2D eigenvalue weighted by molar-refractivity contribution is 6.05. The highest BCUT2D eigenvalue weighted by atomic mass is 16.1. The molecule has 186 valence electrons. The van der Waals surface area contributed by atoms with Crippen LogP contribution in [0.1, 0.15) is 53.1 Å². The summed E-state index contributed by atoms with van der Waals surface area (Å²) in [6.07, 6.45) is 6.20. The Labute approximate surface area is 214 Å². The van der Waals surface area contributed by atoms with Crippen molar-refractivity contribution in [1.29, 1.82) is 0 Å². The molecular formula is C31H36N4O. The molecule has 1 heterocycles. The van der Waals surface area contributed by atoms with E-state index in [0.717, 1.165) is 31.3 Å². The van der Waals surface area contributed by atoms with Crippen LogP contribution in [0.15, 0.2) is 78.9 Å². The van der Waals surface area contributed by atoms with Gasteiger partial charge in [-0.1, -0.05) is 54.6 Å². The average Bonchev–Trinajstić information content (AvgIpc) is 3.63. The van der Waals surface area contributed by atoms with E-state index < -0.39 is 0 Å². The molecule has 1 amide bonds. The fourth-order valence-corrected chi connectivity index (χ4v) is 6.31.